The number of unbranched alkanes of at least 4 members (excludes halogenated alkanes) is 2. The highest BCUT2D eigenvalue weighted by Crippen LogP contribution is 2.29. The van der Waals surface area contributed by atoms with Gasteiger partial charge in [-0.2, -0.15) is 25.3 Å². The van der Waals surface area contributed by atoms with Gasteiger partial charge < -0.3 is 0 Å². The minimum atomic E-state index is -1.90. The average Bonchev–Trinajstić information content (AvgIpc) is 2.05. The molecule has 0 radical (unpaired) electrons. The average molecular weight is 277 g/mol. The van der Waals surface area contributed by atoms with Gasteiger partial charge in [-0.1, -0.05) is 12.8 Å². The molecular formula is C8H18Cl2S2Si. The largest absolute Gasteiger partial charge is 0.251 e. The molecule has 0 amide bonds. The number of halogens is 2. The summed E-state index contributed by atoms with van der Waals surface area (Å²) in [6.45, 7) is -1.90. The predicted molar refractivity (Wildman–Crippen MR) is 73.2 cm³/mol. The van der Waals surface area contributed by atoms with Gasteiger partial charge in [0, 0.05) is 0 Å². The molecule has 0 aromatic rings. The molecule has 0 unspecified atom stereocenters. The van der Waals surface area contributed by atoms with Crippen molar-refractivity contribution in [2.45, 2.75) is 37.8 Å². The summed E-state index contributed by atoms with van der Waals surface area (Å²) >= 11 is 20.8. The first-order valence-electron chi connectivity index (χ1n) is 4.72. The Morgan fingerprint density at radius 3 is 1.46 bits per heavy atom. The highest BCUT2D eigenvalue weighted by molar-refractivity contribution is 7.80. The minimum absolute atomic E-state index is 0.939. The molecule has 80 valence electrons. The van der Waals surface area contributed by atoms with E-state index in [0.717, 1.165) is 49.3 Å². The highest BCUT2D eigenvalue weighted by atomic mass is 35.7. The molecule has 0 saturated carbocycles. The molecule has 0 saturated heterocycles. The Kier molecular flexibility index (Phi) is 9.79. The molecule has 0 aromatic carbocycles. The van der Waals surface area contributed by atoms with Crippen LogP contribution in [0.1, 0.15) is 25.7 Å². The molecule has 0 spiro atoms. The molecule has 0 fully saturated rings. The summed E-state index contributed by atoms with van der Waals surface area (Å²) in [6, 6.07) is 2.03. The van der Waals surface area contributed by atoms with Crippen LogP contribution in [0.5, 0.6) is 0 Å². The van der Waals surface area contributed by atoms with Gasteiger partial charge in [0.25, 0.3) is 6.69 Å². The molecule has 0 rings (SSSR count). The summed E-state index contributed by atoms with van der Waals surface area (Å²) in [4.78, 5) is 0. The van der Waals surface area contributed by atoms with Gasteiger partial charge in [0.2, 0.25) is 0 Å². The Morgan fingerprint density at radius 2 is 1.15 bits per heavy atom. The maximum Gasteiger partial charge on any atom is 0.251 e. The Hall–Kier alpha value is 1.50. The third kappa shape index (κ3) is 9.79. The first-order valence-corrected chi connectivity index (χ1v) is 10.4. The van der Waals surface area contributed by atoms with Crippen molar-refractivity contribution in [3.05, 3.63) is 0 Å². The van der Waals surface area contributed by atoms with Gasteiger partial charge in [0.1, 0.15) is 0 Å². The standard InChI is InChI=1S/C8H18Cl2S2Si/c9-13(10,7-3-1-5-11)8-4-2-6-12/h11-12H,1-8H2. The van der Waals surface area contributed by atoms with E-state index >= 15 is 0 Å². The van der Waals surface area contributed by atoms with Crippen molar-refractivity contribution in [3.63, 3.8) is 0 Å². The lowest BCUT2D eigenvalue weighted by molar-refractivity contribution is 0.856. The van der Waals surface area contributed by atoms with Crippen LogP contribution in [0.25, 0.3) is 0 Å². The van der Waals surface area contributed by atoms with E-state index in [0.29, 0.717) is 0 Å². The molecule has 0 aromatic heterocycles. The zero-order valence-corrected chi connectivity index (χ0v) is 12.1. The zero-order valence-electron chi connectivity index (χ0n) is 7.81. The Morgan fingerprint density at radius 1 is 0.769 bits per heavy atom. The Balaban J connectivity index is 3.42. The predicted octanol–water partition coefficient (Wildman–Crippen LogP) is 4.33. The fourth-order valence-corrected chi connectivity index (χ4v) is 4.95. The van der Waals surface area contributed by atoms with E-state index in [1.54, 1.807) is 0 Å². The molecular weight excluding hydrogens is 259 g/mol. The van der Waals surface area contributed by atoms with Crippen molar-refractivity contribution in [3.8, 4) is 0 Å². The second kappa shape index (κ2) is 8.78. The van der Waals surface area contributed by atoms with Crippen LogP contribution in [-0.2, 0) is 0 Å². The van der Waals surface area contributed by atoms with E-state index in [1.807, 2.05) is 0 Å². The summed E-state index contributed by atoms with van der Waals surface area (Å²) in [6.07, 6.45) is 4.51. The van der Waals surface area contributed by atoms with Crippen molar-refractivity contribution < 1.29 is 0 Å². The van der Waals surface area contributed by atoms with E-state index in [9.17, 15) is 0 Å². The molecule has 5 heteroatoms. The maximum atomic E-state index is 6.26. The fourth-order valence-electron chi connectivity index (χ4n) is 1.12. The third-order valence-corrected chi connectivity index (χ3v) is 6.97. The molecule has 0 N–H and O–H groups in total. The van der Waals surface area contributed by atoms with Crippen LogP contribution < -0.4 is 0 Å². The number of rotatable bonds is 8. The van der Waals surface area contributed by atoms with Crippen LogP contribution in [0.3, 0.4) is 0 Å². The van der Waals surface area contributed by atoms with E-state index in [2.05, 4.69) is 25.3 Å². The van der Waals surface area contributed by atoms with Crippen molar-refractivity contribution >= 4 is 54.1 Å². The highest BCUT2D eigenvalue weighted by Gasteiger charge is 2.26. The van der Waals surface area contributed by atoms with Crippen LogP contribution in [0.4, 0.5) is 0 Å². The lowest BCUT2D eigenvalue weighted by atomic mass is 10.4. The van der Waals surface area contributed by atoms with Gasteiger partial charge in [0.15, 0.2) is 0 Å². The molecule has 0 heterocycles. The Labute approximate surface area is 103 Å². The summed E-state index contributed by atoms with van der Waals surface area (Å²) < 4.78 is 0. The molecule has 0 aliphatic carbocycles. The molecule has 0 aliphatic rings. The van der Waals surface area contributed by atoms with Crippen molar-refractivity contribution in [1.82, 2.24) is 0 Å². The number of hydrogen-bond acceptors (Lipinski definition) is 2. The Bertz CT molecular complexity index is 111. The van der Waals surface area contributed by atoms with E-state index in [-0.39, 0.29) is 0 Å². The molecule has 0 atom stereocenters. The van der Waals surface area contributed by atoms with Crippen LogP contribution in [0.15, 0.2) is 0 Å². The summed E-state index contributed by atoms with van der Waals surface area (Å²) in [5.41, 5.74) is 0. The SMILES string of the molecule is SCCCC[Si](Cl)(Cl)CCCCS. The summed E-state index contributed by atoms with van der Waals surface area (Å²) in [5.74, 6) is 1.88. The first-order chi connectivity index (χ1) is 6.12. The third-order valence-electron chi connectivity index (χ3n) is 1.90. The van der Waals surface area contributed by atoms with E-state index in [1.165, 1.54) is 0 Å². The van der Waals surface area contributed by atoms with Crippen molar-refractivity contribution in [2.75, 3.05) is 11.5 Å². The molecule has 0 bridgehead atoms. The quantitative estimate of drug-likeness (QED) is 0.281. The summed E-state index contributed by atoms with van der Waals surface area (Å²) in [5, 5.41) is 0. The second-order valence-corrected chi connectivity index (χ2v) is 11.7. The topological polar surface area (TPSA) is 0 Å². The van der Waals surface area contributed by atoms with Crippen molar-refractivity contribution in [1.29, 1.82) is 0 Å². The lowest BCUT2D eigenvalue weighted by Gasteiger charge is -2.15. The summed E-state index contributed by atoms with van der Waals surface area (Å²) in [7, 11) is 0. The van der Waals surface area contributed by atoms with Crippen LogP contribution >= 0.6 is 47.4 Å². The van der Waals surface area contributed by atoms with E-state index < -0.39 is 6.69 Å². The van der Waals surface area contributed by atoms with Gasteiger partial charge >= 0.3 is 0 Å². The van der Waals surface area contributed by atoms with Gasteiger partial charge in [-0.05, 0) is 36.4 Å². The number of thiol groups is 2. The first kappa shape index (κ1) is 14.5. The molecule has 0 nitrogen and oxygen atoms in total. The molecule has 0 aliphatic heterocycles. The second-order valence-electron chi connectivity index (χ2n) is 3.22. The smallest absolute Gasteiger partial charge is 0.179 e. The molecule has 13 heavy (non-hydrogen) atoms. The maximum absolute atomic E-state index is 6.26. The van der Waals surface area contributed by atoms with Gasteiger partial charge in [-0.15, -0.1) is 22.2 Å². The monoisotopic (exact) mass is 276 g/mol. The number of hydrogen-bond donors (Lipinski definition) is 2. The normalized spacial score (nSPS) is 12.0. The van der Waals surface area contributed by atoms with Crippen molar-refractivity contribution in [2.24, 2.45) is 0 Å². The van der Waals surface area contributed by atoms with Crippen LogP contribution in [0, 0.1) is 0 Å². The van der Waals surface area contributed by atoms with Crippen LogP contribution in [0.2, 0.25) is 12.1 Å². The zero-order chi connectivity index (χ0) is 10.2. The lowest BCUT2D eigenvalue weighted by Crippen LogP contribution is -2.18. The fraction of sp³-hybridized carbons (Fsp3) is 1.00. The van der Waals surface area contributed by atoms with E-state index in [4.69, 9.17) is 22.2 Å². The minimum Gasteiger partial charge on any atom is -0.179 e. The van der Waals surface area contributed by atoms with Gasteiger partial charge in [-0.3, -0.25) is 0 Å². The van der Waals surface area contributed by atoms with Gasteiger partial charge in [-0.25, -0.2) is 0 Å². The van der Waals surface area contributed by atoms with Gasteiger partial charge in [0.05, 0.1) is 0 Å². The van der Waals surface area contributed by atoms with Crippen LogP contribution in [-0.4, -0.2) is 18.2 Å².